The van der Waals surface area contributed by atoms with Crippen LogP contribution in [-0.2, 0) is 0 Å². The van der Waals surface area contributed by atoms with Crippen molar-refractivity contribution in [3.63, 3.8) is 0 Å². The average molecular weight is 503 g/mol. The maximum Gasteiger partial charge on any atom is 0.270 e. The highest BCUT2D eigenvalue weighted by Crippen LogP contribution is 2.33. The first-order valence-corrected chi connectivity index (χ1v) is 11.5. The number of hydrogen-bond acceptors (Lipinski definition) is 5. The zero-order chi connectivity index (χ0) is 19.6. The van der Waals surface area contributed by atoms with Crippen LogP contribution in [-0.4, -0.2) is 42.0 Å². The van der Waals surface area contributed by atoms with Crippen molar-refractivity contribution in [3.05, 3.63) is 44.1 Å². The predicted molar refractivity (Wildman–Crippen MR) is 128 cm³/mol. The quantitative estimate of drug-likeness (QED) is 0.389. The Morgan fingerprint density at radius 3 is 2.39 bits per heavy atom. The van der Waals surface area contributed by atoms with Crippen molar-refractivity contribution in [3.8, 4) is 0 Å². The number of hydrogen-bond donors (Lipinski definition) is 0. The summed E-state index contributed by atoms with van der Waals surface area (Å²) in [6.45, 7) is 11.9. The van der Waals surface area contributed by atoms with Gasteiger partial charge in [0, 0.05) is 13.1 Å². The van der Waals surface area contributed by atoms with Gasteiger partial charge in [0.1, 0.15) is 0 Å². The molecule has 0 atom stereocenters. The fourth-order valence-electron chi connectivity index (χ4n) is 2.96. The molecule has 0 spiro atoms. The van der Waals surface area contributed by atoms with Gasteiger partial charge < -0.3 is 4.90 Å². The number of nitrogens with zero attached hydrogens (tertiary/aromatic N) is 3. The molecule has 0 bridgehead atoms. The zero-order valence-corrected chi connectivity index (χ0v) is 20.5. The van der Waals surface area contributed by atoms with Gasteiger partial charge in [0.15, 0.2) is 5.13 Å². The van der Waals surface area contributed by atoms with Gasteiger partial charge in [0.05, 0.1) is 18.9 Å². The number of carbonyl (C=O) groups is 1. The van der Waals surface area contributed by atoms with Crippen LogP contribution in [0.3, 0.4) is 0 Å². The minimum atomic E-state index is 0. The molecular weight excluding hydrogens is 478 g/mol. The summed E-state index contributed by atoms with van der Waals surface area (Å²) in [6, 6.07) is 8.03. The molecule has 1 aromatic carbocycles. The average Bonchev–Trinajstić information content (AvgIpc) is 3.28. The predicted octanol–water partition coefficient (Wildman–Crippen LogP) is 6.15. The lowest BCUT2D eigenvalue weighted by molar-refractivity contribution is 0.0987. The second-order valence-electron chi connectivity index (χ2n) is 6.44. The van der Waals surface area contributed by atoms with E-state index in [1.54, 1.807) is 11.3 Å². The van der Waals surface area contributed by atoms with E-state index in [2.05, 4.69) is 60.7 Å². The second kappa shape index (κ2) is 10.2. The fourth-order valence-corrected chi connectivity index (χ4v) is 5.34. The van der Waals surface area contributed by atoms with Crippen LogP contribution in [0.1, 0.15) is 34.6 Å². The Balaban J connectivity index is 0.00000280. The first kappa shape index (κ1) is 23.3. The van der Waals surface area contributed by atoms with E-state index in [0.29, 0.717) is 6.54 Å². The van der Waals surface area contributed by atoms with Gasteiger partial charge >= 0.3 is 0 Å². The van der Waals surface area contributed by atoms with Crippen molar-refractivity contribution >= 4 is 72.3 Å². The van der Waals surface area contributed by atoms with Gasteiger partial charge in [-0.15, -0.1) is 23.7 Å². The first-order valence-electron chi connectivity index (χ1n) is 9.10. The minimum absolute atomic E-state index is 0. The van der Waals surface area contributed by atoms with Crippen LogP contribution in [0, 0.1) is 13.8 Å². The largest absolute Gasteiger partial charge is 0.302 e. The maximum atomic E-state index is 13.2. The summed E-state index contributed by atoms with van der Waals surface area (Å²) >= 11 is 6.52. The lowest BCUT2D eigenvalue weighted by Gasteiger charge is -2.24. The molecule has 0 aliphatic rings. The summed E-state index contributed by atoms with van der Waals surface area (Å²) in [5, 5.41) is 0.778. The molecule has 0 fully saturated rings. The molecule has 2 aromatic heterocycles. The van der Waals surface area contributed by atoms with E-state index in [0.717, 1.165) is 43.6 Å². The van der Waals surface area contributed by atoms with E-state index >= 15 is 0 Å². The van der Waals surface area contributed by atoms with Crippen molar-refractivity contribution < 1.29 is 4.79 Å². The second-order valence-corrected chi connectivity index (χ2v) is 9.91. The number of fused-ring (bicyclic) bond motifs is 1. The zero-order valence-electron chi connectivity index (χ0n) is 16.5. The van der Waals surface area contributed by atoms with Gasteiger partial charge in [0.25, 0.3) is 5.91 Å². The molecule has 4 nitrogen and oxygen atoms in total. The summed E-state index contributed by atoms with van der Waals surface area (Å²) in [5.41, 5.74) is 3.41. The number of likely N-dealkylation sites (N-methyl/N-ethyl adjacent to an activating group) is 1. The summed E-state index contributed by atoms with van der Waals surface area (Å²) < 4.78 is 2.09. The Bertz CT molecular complexity index is 952. The lowest BCUT2D eigenvalue weighted by Crippen LogP contribution is -2.38. The molecule has 0 saturated heterocycles. The third kappa shape index (κ3) is 4.94. The summed E-state index contributed by atoms with van der Waals surface area (Å²) in [6.07, 6.45) is 0. The monoisotopic (exact) mass is 501 g/mol. The van der Waals surface area contributed by atoms with Crippen molar-refractivity contribution in [1.29, 1.82) is 0 Å². The minimum Gasteiger partial charge on any atom is -0.302 e. The third-order valence-electron chi connectivity index (χ3n) is 4.87. The number of aromatic nitrogens is 1. The number of aryl methyl sites for hydroxylation is 2. The lowest BCUT2D eigenvalue weighted by atomic mass is 10.1. The molecule has 1 amide bonds. The van der Waals surface area contributed by atoms with Crippen molar-refractivity contribution in [1.82, 2.24) is 9.88 Å². The Morgan fingerprint density at radius 2 is 1.79 bits per heavy atom. The van der Waals surface area contributed by atoms with Gasteiger partial charge in [-0.25, -0.2) is 4.98 Å². The number of thiazole rings is 1. The molecule has 2 heterocycles. The van der Waals surface area contributed by atoms with Crippen molar-refractivity contribution in [2.45, 2.75) is 27.7 Å². The van der Waals surface area contributed by atoms with Crippen molar-refractivity contribution in [2.24, 2.45) is 0 Å². The summed E-state index contributed by atoms with van der Waals surface area (Å²) in [4.78, 5) is 23.0. The smallest absolute Gasteiger partial charge is 0.270 e. The van der Waals surface area contributed by atoms with E-state index in [4.69, 9.17) is 4.98 Å². The van der Waals surface area contributed by atoms with Gasteiger partial charge in [-0.3, -0.25) is 9.69 Å². The molecule has 0 aliphatic carbocycles. The van der Waals surface area contributed by atoms with E-state index in [9.17, 15) is 4.79 Å². The number of thiophene rings is 1. The topological polar surface area (TPSA) is 36.4 Å². The maximum absolute atomic E-state index is 13.2. The highest BCUT2D eigenvalue weighted by atomic mass is 79.9. The SMILES string of the molecule is CCN(CC)CCN(C(=O)c1ccc(Br)s1)c1nc2c(C)c(C)ccc2s1.Cl. The van der Waals surface area contributed by atoms with Gasteiger partial charge in [-0.1, -0.05) is 31.3 Å². The van der Waals surface area contributed by atoms with Crippen LogP contribution in [0.25, 0.3) is 10.2 Å². The van der Waals surface area contributed by atoms with Gasteiger partial charge in [-0.05, 0) is 72.2 Å². The summed E-state index contributed by atoms with van der Waals surface area (Å²) in [7, 11) is 0. The van der Waals surface area contributed by atoms with Crippen LogP contribution in [0.2, 0.25) is 0 Å². The highest BCUT2D eigenvalue weighted by molar-refractivity contribution is 9.11. The standard InChI is InChI=1S/C20H24BrN3OS2.ClH/c1-5-23(6-2)11-12-24(19(25)16-9-10-17(21)26-16)20-22-18-14(4)13(3)7-8-15(18)27-20;/h7-10H,5-6,11-12H2,1-4H3;1H. The number of amides is 1. The molecule has 0 unspecified atom stereocenters. The Labute approximate surface area is 189 Å². The molecule has 0 saturated carbocycles. The number of carbonyl (C=O) groups excluding carboxylic acids is 1. The van der Waals surface area contributed by atoms with Crippen LogP contribution < -0.4 is 4.90 Å². The number of anilines is 1. The van der Waals surface area contributed by atoms with E-state index in [-0.39, 0.29) is 18.3 Å². The van der Waals surface area contributed by atoms with Crippen LogP contribution in [0.5, 0.6) is 0 Å². The van der Waals surface area contributed by atoms with Crippen LogP contribution in [0.15, 0.2) is 28.1 Å². The van der Waals surface area contributed by atoms with Crippen LogP contribution >= 0.6 is 51.0 Å². The molecule has 3 aromatic rings. The van der Waals surface area contributed by atoms with Crippen molar-refractivity contribution in [2.75, 3.05) is 31.1 Å². The number of halogens is 2. The highest BCUT2D eigenvalue weighted by Gasteiger charge is 2.23. The molecule has 28 heavy (non-hydrogen) atoms. The fraction of sp³-hybridized carbons (Fsp3) is 0.400. The van der Waals surface area contributed by atoms with Gasteiger partial charge in [-0.2, -0.15) is 0 Å². The molecule has 0 N–H and O–H groups in total. The Kier molecular flexibility index (Phi) is 8.45. The molecule has 0 radical (unpaired) electrons. The number of rotatable bonds is 7. The van der Waals surface area contributed by atoms with E-state index in [1.807, 2.05) is 17.0 Å². The van der Waals surface area contributed by atoms with E-state index in [1.165, 1.54) is 22.5 Å². The molecule has 0 aliphatic heterocycles. The van der Waals surface area contributed by atoms with Crippen LogP contribution in [0.4, 0.5) is 5.13 Å². The number of benzene rings is 1. The van der Waals surface area contributed by atoms with E-state index < -0.39 is 0 Å². The Hall–Kier alpha value is -0.990. The molecule has 152 valence electrons. The first-order chi connectivity index (χ1) is 12.9. The normalized spacial score (nSPS) is 11.1. The molecule has 8 heteroatoms. The molecular formula is C20H25BrClN3OS2. The summed E-state index contributed by atoms with van der Waals surface area (Å²) in [5.74, 6) is 0.0197. The van der Waals surface area contributed by atoms with Gasteiger partial charge in [0.2, 0.25) is 0 Å². The Morgan fingerprint density at radius 1 is 1.07 bits per heavy atom. The third-order valence-corrected chi connectivity index (χ3v) is 7.52. The molecule has 3 rings (SSSR count).